The van der Waals surface area contributed by atoms with Crippen LogP contribution >= 0.6 is 0 Å². The summed E-state index contributed by atoms with van der Waals surface area (Å²) in [5, 5.41) is 7.99. The van der Waals surface area contributed by atoms with Gasteiger partial charge in [0, 0.05) is 6.07 Å². The summed E-state index contributed by atoms with van der Waals surface area (Å²) in [5.41, 5.74) is -0.550. The first-order valence-corrected chi connectivity index (χ1v) is 12.3. The van der Waals surface area contributed by atoms with Crippen molar-refractivity contribution < 1.29 is 45.0 Å². The van der Waals surface area contributed by atoms with Crippen molar-refractivity contribution in [3.05, 3.63) is 77.9 Å². The van der Waals surface area contributed by atoms with Crippen LogP contribution < -0.4 is 9.04 Å². The van der Waals surface area contributed by atoms with E-state index in [4.69, 9.17) is 9.84 Å². The van der Waals surface area contributed by atoms with Crippen LogP contribution in [0.25, 0.3) is 11.1 Å². The van der Waals surface area contributed by atoms with Crippen LogP contribution in [0.4, 0.5) is 27.6 Å². The highest BCUT2D eigenvalue weighted by molar-refractivity contribution is 7.92. The van der Waals surface area contributed by atoms with E-state index in [0.29, 0.717) is 17.7 Å². The average molecular weight is 544 g/mol. The van der Waals surface area contributed by atoms with Crippen molar-refractivity contribution in [2.24, 2.45) is 5.92 Å². The van der Waals surface area contributed by atoms with E-state index in [9.17, 15) is 35.2 Å². The number of carboxylic acid groups (broad SMARTS) is 1. The summed E-state index contributed by atoms with van der Waals surface area (Å²) < 4.78 is 99.1. The van der Waals surface area contributed by atoms with Gasteiger partial charge < -0.3 is 9.84 Å². The summed E-state index contributed by atoms with van der Waals surface area (Å²) in [6, 6.07) is 10.6. The Kier molecular flexibility index (Phi) is 8.11. The first-order valence-electron chi connectivity index (χ1n) is 10.9. The molecule has 1 aliphatic heterocycles. The molecule has 0 bridgehead atoms. The molecule has 1 N–H and O–H groups in total. The standard InChI is InChI=1S/C21H14F5NO3S.C4H8O2/c22-16-8-14(9-17(23)12-16)13-4-5-20-19(10-13)27(6-7-30-20)31(28,29)18-3-1-2-15(11-18)21(24,25)26;1-3(2)4(5)6/h1-5,8-12H,6-7H2;3H,1-2H3,(H,5,6). The number of sulfonamides is 1. The number of fused-ring (bicyclic) bond motifs is 1. The van der Waals surface area contributed by atoms with Gasteiger partial charge in [0.05, 0.1) is 28.6 Å². The van der Waals surface area contributed by atoms with Gasteiger partial charge in [0.1, 0.15) is 24.0 Å². The highest BCUT2D eigenvalue weighted by Gasteiger charge is 2.34. The molecule has 12 heteroatoms. The Morgan fingerprint density at radius 1 is 0.973 bits per heavy atom. The van der Waals surface area contributed by atoms with Crippen LogP contribution in [0.5, 0.6) is 5.75 Å². The quantitative estimate of drug-likeness (QED) is 0.411. The molecule has 0 saturated carbocycles. The van der Waals surface area contributed by atoms with Gasteiger partial charge >= 0.3 is 12.1 Å². The number of carbonyl (C=O) groups is 1. The molecule has 0 saturated heterocycles. The van der Waals surface area contributed by atoms with Crippen molar-refractivity contribution in [1.29, 1.82) is 0 Å². The molecule has 6 nitrogen and oxygen atoms in total. The molecule has 0 aliphatic carbocycles. The van der Waals surface area contributed by atoms with Gasteiger partial charge in [-0.05, 0) is 53.6 Å². The monoisotopic (exact) mass is 543 g/mol. The second-order valence-corrected chi connectivity index (χ2v) is 10.1. The normalized spacial score (nSPS) is 13.4. The van der Waals surface area contributed by atoms with Crippen LogP contribution in [0.2, 0.25) is 0 Å². The van der Waals surface area contributed by atoms with Crippen molar-refractivity contribution in [3.63, 3.8) is 0 Å². The number of anilines is 1. The molecule has 3 aromatic carbocycles. The van der Waals surface area contributed by atoms with Crippen LogP contribution in [-0.2, 0) is 21.0 Å². The van der Waals surface area contributed by atoms with Crippen molar-refractivity contribution >= 4 is 21.7 Å². The zero-order chi connectivity index (χ0) is 27.5. The van der Waals surface area contributed by atoms with Crippen LogP contribution in [0, 0.1) is 17.6 Å². The molecule has 0 radical (unpaired) electrons. The van der Waals surface area contributed by atoms with E-state index in [1.165, 1.54) is 18.2 Å². The zero-order valence-corrected chi connectivity index (χ0v) is 20.4. The summed E-state index contributed by atoms with van der Waals surface area (Å²) in [4.78, 5) is 9.17. The van der Waals surface area contributed by atoms with Gasteiger partial charge in [0.25, 0.3) is 10.0 Å². The molecule has 1 aliphatic rings. The molecule has 3 aromatic rings. The smallest absolute Gasteiger partial charge is 0.416 e. The number of aliphatic carboxylic acids is 1. The fourth-order valence-corrected chi connectivity index (χ4v) is 4.80. The summed E-state index contributed by atoms with van der Waals surface area (Å²) in [7, 11) is -4.37. The Bertz CT molecular complexity index is 1390. The van der Waals surface area contributed by atoms with E-state index in [1.807, 2.05) is 0 Å². The summed E-state index contributed by atoms with van der Waals surface area (Å²) in [6.45, 7) is 3.12. The fraction of sp³-hybridized carbons (Fsp3) is 0.240. The predicted molar refractivity (Wildman–Crippen MR) is 126 cm³/mol. The van der Waals surface area contributed by atoms with Gasteiger partial charge in [-0.2, -0.15) is 13.2 Å². The maximum absolute atomic E-state index is 13.6. The van der Waals surface area contributed by atoms with E-state index in [0.717, 1.165) is 34.6 Å². The van der Waals surface area contributed by atoms with Crippen LogP contribution in [-0.4, -0.2) is 32.6 Å². The van der Waals surface area contributed by atoms with Crippen molar-refractivity contribution in [2.45, 2.75) is 24.9 Å². The highest BCUT2D eigenvalue weighted by atomic mass is 32.2. The number of alkyl halides is 3. The lowest BCUT2D eigenvalue weighted by atomic mass is 10.0. The Morgan fingerprint density at radius 2 is 1.59 bits per heavy atom. The molecular weight excluding hydrogens is 521 g/mol. The lowest BCUT2D eigenvalue weighted by molar-refractivity contribution is -0.140. The number of halogens is 5. The predicted octanol–water partition coefficient (Wildman–Crippen LogP) is 5.97. The molecule has 0 unspecified atom stereocenters. The number of rotatable bonds is 4. The van der Waals surface area contributed by atoms with Gasteiger partial charge in [0.15, 0.2) is 0 Å². The van der Waals surface area contributed by atoms with E-state index in [2.05, 4.69) is 0 Å². The Balaban J connectivity index is 0.000000568. The fourth-order valence-electron chi connectivity index (χ4n) is 3.30. The lowest BCUT2D eigenvalue weighted by Crippen LogP contribution is -2.38. The number of hydrogen-bond acceptors (Lipinski definition) is 4. The molecule has 0 amide bonds. The molecule has 0 atom stereocenters. The minimum absolute atomic E-state index is 0.0148. The van der Waals surface area contributed by atoms with Gasteiger partial charge in [-0.25, -0.2) is 17.2 Å². The van der Waals surface area contributed by atoms with Gasteiger partial charge in [0.2, 0.25) is 0 Å². The molecule has 37 heavy (non-hydrogen) atoms. The number of nitrogens with zero attached hydrogens (tertiary/aromatic N) is 1. The van der Waals surface area contributed by atoms with Gasteiger partial charge in [-0.3, -0.25) is 9.10 Å². The second-order valence-electron chi connectivity index (χ2n) is 8.28. The Labute approximate surface area is 210 Å². The van der Waals surface area contributed by atoms with Crippen LogP contribution in [0.15, 0.2) is 65.6 Å². The third-order valence-corrected chi connectivity index (χ3v) is 7.03. The van der Waals surface area contributed by atoms with Gasteiger partial charge in [-0.15, -0.1) is 0 Å². The SMILES string of the molecule is CC(C)C(=O)O.O=S(=O)(c1cccc(C(F)(F)F)c1)N1CCOc2ccc(-c3cc(F)cc(F)c3)cc21. The zero-order valence-electron chi connectivity index (χ0n) is 19.6. The number of ether oxygens (including phenoxy) is 1. The van der Waals surface area contributed by atoms with E-state index in [-0.39, 0.29) is 36.1 Å². The number of benzene rings is 3. The Morgan fingerprint density at radius 3 is 2.16 bits per heavy atom. The maximum atomic E-state index is 13.6. The van der Waals surface area contributed by atoms with Crippen LogP contribution in [0.1, 0.15) is 19.4 Å². The number of hydrogen-bond donors (Lipinski definition) is 1. The summed E-state index contributed by atoms with van der Waals surface area (Å²) in [6.07, 6.45) is -4.71. The third-order valence-electron chi connectivity index (χ3n) is 5.22. The topological polar surface area (TPSA) is 83.9 Å². The third kappa shape index (κ3) is 6.56. The molecule has 1 heterocycles. The minimum atomic E-state index is -4.71. The molecule has 198 valence electrons. The molecule has 0 spiro atoms. The molecule has 0 aromatic heterocycles. The van der Waals surface area contributed by atoms with E-state index >= 15 is 0 Å². The summed E-state index contributed by atoms with van der Waals surface area (Å²) in [5.74, 6) is -2.41. The van der Waals surface area contributed by atoms with Crippen molar-refractivity contribution in [1.82, 2.24) is 0 Å². The summed E-state index contributed by atoms with van der Waals surface area (Å²) >= 11 is 0. The Hall–Kier alpha value is -3.67. The number of carboxylic acids is 1. The maximum Gasteiger partial charge on any atom is 0.416 e. The first kappa shape index (κ1) is 27.9. The molecule has 4 rings (SSSR count). The van der Waals surface area contributed by atoms with Crippen molar-refractivity contribution in [2.75, 3.05) is 17.5 Å². The average Bonchev–Trinajstić information content (AvgIpc) is 2.82. The van der Waals surface area contributed by atoms with E-state index in [1.54, 1.807) is 13.8 Å². The molecular formula is C25H22F5NO5S. The minimum Gasteiger partial charge on any atom is -0.489 e. The molecule has 0 fully saturated rings. The van der Waals surface area contributed by atoms with Crippen molar-refractivity contribution in [3.8, 4) is 16.9 Å². The van der Waals surface area contributed by atoms with Crippen LogP contribution in [0.3, 0.4) is 0 Å². The highest BCUT2D eigenvalue weighted by Crippen LogP contribution is 2.39. The lowest BCUT2D eigenvalue weighted by Gasteiger charge is -2.31. The first-order chi connectivity index (χ1) is 17.2. The second kappa shape index (κ2) is 10.8. The largest absolute Gasteiger partial charge is 0.489 e. The van der Waals surface area contributed by atoms with E-state index < -0.39 is 44.3 Å². The van der Waals surface area contributed by atoms with Gasteiger partial charge in [-0.1, -0.05) is 26.0 Å².